The molecule has 2 heterocycles. The van der Waals surface area contributed by atoms with Gasteiger partial charge < -0.3 is 20.1 Å². The first kappa shape index (κ1) is 17.1. The van der Waals surface area contributed by atoms with Crippen LogP contribution < -0.4 is 5.32 Å². The molecule has 0 bridgehead atoms. The third kappa shape index (κ3) is 5.19. The molecular formula is C17H28N2O3. The molecule has 0 saturated carbocycles. The SMILES string of the molecule is CC(C)(C)OC(=O)N1CCC(C#CC2(O)CCNCC2)CC1. The Morgan fingerprint density at radius 3 is 2.41 bits per heavy atom. The summed E-state index contributed by atoms with van der Waals surface area (Å²) >= 11 is 0. The number of hydrogen-bond donors (Lipinski definition) is 2. The van der Waals surface area contributed by atoms with Gasteiger partial charge in [0.05, 0.1) is 0 Å². The molecule has 0 spiro atoms. The number of piperidine rings is 2. The van der Waals surface area contributed by atoms with Gasteiger partial charge in [-0.15, -0.1) is 0 Å². The van der Waals surface area contributed by atoms with E-state index in [9.17, 15) is 9.90 Å². The highest BCUT2D eigenvalue weighted by Crippen LogP contribution is 2.21. The van der Waals surface area contributed by atoms with Gasteiger partial charge >= 0.3 is 6.09 Å². The normalized spacial score (nSPS) is 22.6. The number of carbonyl (C=O) groups excluding carboxylic acids is 1. The Morgan fingerprint density at radius 2 is 1.86 bits per heavy atom. The summed E-state index contributed by atoms with van der Waals surface area (Å²) in [5, 5.41) is 13.6. The van der Waals surface area contributed by atoms with Crippen LogP contribution in [0.15, 0.2) is 0 Å². The Balaban J connectivity index is 1.81. The third-order valence-corrected chi connectivity index (χ3v) is 4.09. The van der Waals surface area contributed by atoms with Gasteiger partial charge in [0.2, 0.25) is 0 Å². The average molecular weight is 308 g/mol. The molecule has 2 N–H and O–H groups in total. The Bertz CT molecular complexity index is 445. The number of nitrogens with one attached hydrogen (secondary N) is 1. The van der Waals surface area contributed by atoms with E-state index in [0.29, 0.717) is 25.9 Å². The summed E-state index contributed by atoms with van der Waals surface area (Å²) in [6.45, 7) is 8.63. The second kappa shape index (κ2) is 6.89. The second-order valence-corrected chi connectivity index (χ2v) is 7.29. The maximum atomic E-state index is 12.0. The molecule has 2 aliphatic heterocycles. The molecule has 0 aliphatic carbocycles. The van der Waals surface area contributed by atoms with Crippen LogP contribution in [0.2, 0.25) is 0 Å². The van der Waals surface area contributed by atoms with Gasteiger partial charge in [-0.05, 0) is 59.5 Å². The first-order chi connectivity index (χ1) is 10.3. The van der Waals surface area contributed by atoms with E-state index >= 15 is 0 Å². The number of amides is 1. The summed E-state index contributed by atoms with van der Waals surface area (Å²) in [7, 11) is 0. The zero-order valence-corrected chi connectivity index (χ0v) is 13.9. The molecule has 0 aromatic heterocycles. The van der Waals surface area contributed by atoms with Gasteiger partial charge in [-0.25, -0.2) is 4.79 Å². The maximum Gasteiger partial charge on any atom is 0.410 e. The molecule has 0 aromatic carbocycles. The van der Waals surface area contributed by atoms with Crippen molar-refractivity contribution in [3.63, 3.8) is 0 Å². The lowest BCUT2D eigenvalue weighted by Gasteiger charge is -2.32. The summed E-state index contributed by atoms with van der Waals surface area (Å²) in [5.41, 5.74) is -1.28. The minimum atomic E-state index is -0.826. The average Bonchev–Trinajstić information content (AvgIpc) is 2.45. The van der Waals surface area contributed by atoms with Gasteiger partial charge in [-0.3, -0.25) is 0 Å². The minimum absolute atomic E-state index is 0.240. The third-order valence-electron chi connectivity index (χ3n) is 4.09. The number of ether oxygens (including phenoxy) is 1. The Hall–Kier alpha value is -1.25. The van der Waals surface area contributed by atoms with Gasteiger partial charge in [-0.2, -0.15) is 0 Å². The predicted octanol–water partition coefficient (Wildman–Crippen LogP) is 1.75. The monoisotopic (exact) mass is 308 g/mol. The van der Waals surface area contributed by atoms with Gasteiger partial charge in [0.15, 0.2) is 0 Å². The van der Waals surface area contributed by atoms with Crippen molar-refractivity contribution >= 4 is 6.09 Å². The second-order valence-electron chi connectivity index (χ2n) is 7.29. The van der Waals surface area contributed by atoms with Crippen molar-refractivity contribution in [3.8, 4) is 11.8 Å². The zero-order valence-electron chi connectivity index (χ0n) is 13.9. The molecule has 2 rings (SSSR count). The molecule has 0 aromatic rings. The molecular weight excluding hydrogens is 280 g/mol. The van der Waals surface area contributed by atoms with E-state index < -0.39 is 11.2 Å². The van der Waals surface area contributed by atoms with Crippen LogP contribution in [0.25, 0.3) is 0 Å². The molecule has 0 atom stereocenters. The van der Waals surface area contributed by atoms with Crippen molar-refractivity contribution in [1.29, 1.82) is 0 Å². The maximum absolute atomic E-state index is 12.0. The molecule has 2 saturated heterocycles. The Kier molecular flexibility index (Phi) is 5.36. The van der Waals surface area contributed by atoms with Crippen LogP contribution in [0.4, 0.5) is 4.79 Å². The molecule has 0 unspecified atom stereocenters. The van der Waals surface area contributed by atoms with Crippen molar-refractivity contribution in [1.82, 2.24) is 10.2 Å². The van der Waals surface area contributed by atoms with Crippen molar-refractivity contribution in [2.45, 2.75) is 57.7 Å². The zero-order chi connectivity index (χ0) is 16.2. The van der Waals surface area contributed by atoms with Gasteiger partial charge in [-0.1, -0.05) is 11.8 Å². The predicted molar refractivity (Wildman–Crippen MR) is 85.4 cm³/mol. The molecule has 5 nitrogen and oxygen atoms in total. The molecule has 0 radical (unpaired) electrons. The number of nitrogens with zero attached hydrogens (tertiary/aromatic N) is 1. The lowest BCUT2D eigenvalue weighted by atomic mass is 9.90. The number of carbonyl (C=O) groups is 1. The van der Waals surface area contributed by atoms with E-state index in [4.69, 9.17) is 4.74 Å². The summed E-state index contributed by atoms with van der Waals surface area (Å²) in [6.07, 6.45) is 2.84. The Labute approximate surface area is 133 Å². The van der Waals surface area contributed by atoms with E-state index in [1.807, 2.05) is 20.8 Å². The standard InChI is InChI=1S/C17H28N2O3/c1-16(2,3)22-15(20)19-12-5-14(6-13-19)4-7-17(21)8-10-18-11-9-17/h14,18,21H,5-6,8-13H2,1-3H3. The van der Waals surface area contributed by atoms with Crippen LogP contribution in [-0.4, -0.2) is 53.5 Å². The largest absolute Gasteiger partial charge is 0.444 e. The highest BCUT2D eigenvalue weighted by molar-refractivity contribution is 5.68. The lowest BCUT2D eigenvalue weighted by Crippen LogP contribution is -2.42. The van der Waals surface area contributed by atoms with E-state index in [0.717, 1.165) is 25.9 Å². The van der Waals surface area contributed by atoms with E-state index in [2.05, 4.69) is 17.2 Å². The number of rotatable bonds is 0. The van der Waals surface area contributed by atoms with E-state index in [-0.39, 0.29) is 12.0 Å². The lowest BCUT2D eigenvalue weighted by molar-refractivity contribution is 0.0198. The van der Waals surface area contributed by atoms with Crippen LogP contribution >= 0.6 is 0 Å². The van der Waals surface area contributed by atoms with E-state index in [1.165, 1.54) is 0 Å². The number of likely N-dealkylation sites (tertiary alicyclic amines) is 1. The van der Waals surface area contributed by atoms with Crippen molar-refractivity contribution < 1.29 is 14.6 Å². The summed E-state index contributed by atoms with van der Waals surface area (Å²) in [5.74, 6) is 6.58. The quantitative estimate of drug-likeness (QED) is 0.669. The van der Waals surface area contributed by atoms with Crippen LogP contribution in [-0.2, 0) is 4.74 Å². The van der Waals surface area contributed by atoms with E-state index in [1.54, 1.807) is 4.90 Å². The first-order valence-corrected chi connectivity index (χ1v) is 8.21. The smallest absolute Gasteiger partial charge is 0.410 e. The molecule has 5 heteroatoms. The van der Waals surface area contributed by atoms with Gasteiger partial charge in [0.1, 0.15) is 11.2 Å². The van der Waals surface area contributed by atoms with Gasteiger partial charge in [0.25, 0.3) is 0 Å². The molecule has 2 aliphatic rings. The van der Waals surface area contributed by atoms with Crippen molar-refractivity contribution in [2.24, 2.45) is 5.92 Å². The topological polar surface area (TPSA) is 61.8 Å². The summed E-state index contributed by atoms with van der Waals surface area (Å²) < 4.78 is 5.39. The molecule has 22 heavy (non-hydrogen) atoms. The minimum Gasteiger partial charge on any atom is -0.444 e. The fraction of sp³-hybridized carbons (Fsp3) is 0.824. The molecule has 2 fully saturated rings. The van der Waals surface area contributed by atoms with Gasteiger partial charge in [0, 0.05) is 19.0 Å². The Morgan fingerprint density at radius 1 is 1.27 bits per heavy atom. The highest BCUT2D eigenvalue weighted by Gasteiger charge is 2.28. The van der Waals surface area contributed by atoms with Crippen molar-refractivity contribution in [3.05, 3.63) is 0 Å². The summed E-state index contributed by atoms with van der Waals surface area (Å²) in [6, 6.07) is 0. The molecule has 1 amide bonds. The summed E-state index contributed by atoms with van der Waals surface area (Å²) in [4.78, 5) is 13.8. The molecule has 124 valence electrons. The van der Waals surface area contributed by atoms with Crippen LogP contribution in [0.1, 0.15) is 46.5 Å². The van der Waals surface area contributed by atoms with Crippen LogP contribution in [0, 0.1) is 17.8 Å². The number of aliphatic hydroxyl groups is 1. The fourth-order valence-corrected chi connectivity index (χ4v) is 2.73. The first-order valence-electron chi connectivity index (χ1n) is 8.21. The van der Waals surface area contributed by atoms with Crippen LogP contribution in [0.3, 0.4) is 0 Å². The highest BCUT2D eigenvalue weighted by atomic mass is 16.6. The van der Waals surface area contributed by atoms with Crippen molar-refractivity contribution in [2.75, 3.05) is 26.2 Å². The fourth-order valence-electron chi connectivity index (χ4n) is 2.73. The van der Waals surface area contributed by atoms with Crippen LogP contribution in [0.5, 0.6) is 0 Å². The number of hydrogen-bond acceptors (Lipinski definition) is 4.